The van der Waals surface area contributed by atoms with E-state index in [9.17, 15) is 9.90 Å². The second-order valence-corrected chi connectivity index (χ2v) is 10.9. The molecule has 0 amide bonds. The normalized spacial score (nSPS) is 10.6. The number of ether oxygens (including phenoxy) is 3. The molecule has 0 fully saturated rings. The van der Waals surface area contributed by atoms with Gasteiger partial charge in [-0.2, -0.15) is 0 Å². The Morgan fingerprint density at radius 3 is 1.43 bits per heavy atom. The van der Waals surface area contributed by atoms with Crippen LogP contribution in [0.15, 0.2) is 121 Å². The Kier molecular flexibility index (Phi) is 12.2. The fourth-order valence-corrected chi connectivity index (χ4v) is 5.63. The van der Waals surface area contributed by atoms with Crippen molar-refractivity contribution in [2.75, 3.05) is 21.3 Å². The van der Waals surface area contributed by atoms with Crippen LogP contribution < -0.4 is 28.3 Å². The summed E-state index contributed by atoms with van der Waals surface area (Å²) in [6, 6.07) is 39.6. The summed E-state index contributed by atoms with van der Waals surface area (Å²) in [6.07, 6.45) is 0. The molecule has 230 valence electrons. The predicted octanol–water partition coefficient (Wildman–Crippen LogP) is 6.50. The molecule has 0 unspecified atom stereocenters. The number of esters is 1. The molecule has 0 aliphatic rings. The number of benzene rings is 6. The van der Waals surface area contributed by atoms with Crippen molar-refractivity contribution in [2.24, 2.45) is 0 Å². The molecular weight excluding hydrogens is 567 g/mol. The van der Waals surface area contributed by atoms with Crippen molar-refractivity contribution in [2.45, 2.75) is 19.4 Å². The Hall–Kier alpha value is -4.53. The third kappa shape index (κ3) is 7.30. The van der Waals surface area contributed by atoms with E-state index in [4.69, 9.17) is 14.2 Å². The first kappa shape index (κ1) is 35.9. The van der Waals surface area contributed by atoms with Crippen LogP contribution in [-0.4, -0.2) is 32.4 Å². The van der Waals surface area contributed by atoms with E-state index in [1.165, 1.54) is 7.11 Å². The van der Waals surface area contributed by atoms with Crippen LogP contribution in [0.2, 0.25) is 0 Å². The fourth-order valence-electron chi connectivity index (χ4n) is 5.63. The molecule has 0 saturated carbocycles. The first-order valence-corrected chi connectivity index (χ1v) is 14.4. The second-order valence-electron chi connectivity index (χ2n) is 10.9. The monoisotopic (exact) mass is 606 g/mol. The number of hydrogen-bond acceptors (Lipinski definition) is 5. The third-order valence-corrected chi connectivity index (χ3v) is 7.71. The van der Waals surface area contributed by atoms with E-state index in [2.05, 4.69) is 24.3 Å². The van der Waals surface area contributed by atoms with E-state index in [1.807, 2.05) is 105 Å². The molecule has 1 N–H and O–H groups in total. The van der Waals surface area contributed by atoms with Crippen molar-refractivity contribution in [3.8, 4) is 33.8 Å². The van der Waals surface area contributed by atoms with Gasteiger partial charge in [-0.05, 0) is 70.6 Å². The van der Waals surface area contributed by atoms with Gasteiger partial charge in [0.1, 0.15) is 11.5 Å². The van der Waals surface area contributed by atoms with E-state index < -0.39 is 5.60 Å². The first-order valence-electron chi connectivity index (χ1n) is 14.4. The molecule has 46 heavy (non-hydrogen) atoms. The molecule has 0 spiro atoms. The minimum absolute atomic E-state index is 0. The van der Waals surface area contributed by atoms with Crippen LogP contribution in [-0.2, 0) is 10.3 Å². The van der Waals surface area contributed by atoms with E-state index in [-0.39, 0.29) is 32.3 Å². The summed E-state index contributed by atoms with van der Waals surface area (Å²) in [4.78, 5) is 12.0. The summed E-state index contributed by atoms with van der Waals surface area (Å²) in [5.41, 5.74) is 4.58. The van der Waals surface area contributed by atoms with E-state index in [1.54, 1.807) is 20.3 Å². The molecule has 6 rings (SSSR count). The molecule has 0 heterocycles. The van der Waals surface area contributed by atoms with Crippen molar-refractivity contribution < 1.29 is 43.0 Å². The zero-order chi connectivity index (χ0) is 31.3. The molecule has 0 aliphatic carbocycles. The van der Waals surface area contributed by atoms with Gasteiger partial charge >= 0.3 is 24.8 Å². The van der Waals surface area contributed by atoms with Gasteiger partial charge in [-0.1, -0.05) is 103 Å². The minimum Gasteiger partial charge on any atom is -0.496 e. The van der Waals surface area contributed by atoms with Crippen molar-refractivity contribution in [3.63, 3.8) is 0 Å². The number of carbonyl (C=O) groups is 1. The van der Waals surface area contributed by atoms with Gasteiger partial charge in [-0.15, -0.1) is 0 Å². The van der Waals surface area contributed by atoms with Gasteiger partial charge in [0.2, 0.25) is 0 Å². The Labute approximate surface area is 283 Å². The van der Waals surface area contributed by atoms with Gasteiger partial charge < -0.3 is 26.7 Å². The molecular formula is C40H39LiO5. The molecule has 0 aliphatic heterocycles. The smallest absolute Gasteiger partial charge is 0.496 e. The Bertz CT molecular complexity index is 1940. The summed E-state index contributed by atoms with van der Waals surface area (Å²) >= 11 is 0. The molecule has 6 aromatic rings. The second kappa shape index (κ2) is 15.6. The van der Waals surface area contributed by atoms with E-state index in [0.29, 0.717) is 5.56 Å². The number of hydrogen-bond donors (Lipinski definition) is 1. The topological polar surface area (TPSA) is 65.0 Å². The van der Waals surface area contributed by atoms with Gasteiger partial charge in [0.05, 0.1) is 32.5 Å². The molecule has 5 nitrogen and oxygen atoms in total. The number of rotatable bonds is 6. The maximum Gasteiger partial charge on any atom is 1.00 e. The molecule has 0 radical (unpaired) electrons. The van der Waals surface area contributed by atoms with Crippen LogP contribution in [0.1, 0.15) is 29.8 Å². The number of methoxy groups -OCH3 is 3. The Morgan fingerprint density at radius 2 is 0.957 bits per heavy atom. The van der Waals surface area contributed by atoms with Gasteiger partial charge in [0.25, 0.3) is 0 Å². The van der Waals surface area contributed by atoms with Crippen LogP contribution in [0.4, 0.5) is 0 Å². The molecule has 0 saturated heterocycles. The van der Waals surface area contributed by atoms with Crippen molar-refractivity contribution in [3.05, 3.63) is 140 Å². The van der Waals surface area contributed by atoms with Crippen LogP contribution in [0.5, 0.6) is 11.5 Å². The largest absolute Gasteiger partial charge is 1.00 e. The molecule has 6 heteroatoms. The molecule has 0 atom stereocenters. The SMILES string of the molecule is COC(=O)c1ccccc1-c1ccc(OC)c2ccccc12.COc1ccc(-c2ccccc2C(C)(C)O)c2ccccc12.[CH3-].[Li+]. The summed E-state index contributed by atoms with van der Waals surface area (Å²) in [5.74, 6) is 1.34. The average molecular weight is 607 g/mol. The zero-order valence-electron chi connectivity index (χ0n) is 27.6. The average Bonchev–Trinajstić information content (AvgIpc) is 3.07. The predicted molar refractivity (Wildman–Crippen MR) is 185 cm³/mol. The van der Waals surface area contributed by atoms with Crippen molar-refractivity contribution in [1.82, 2.24) is 0 Å². The van der Waals surface area contributed by atoms with Crippen LogP contribution >= 0.6 is 0 Å². The maximum atomic E-state index is 12.0. The molecule has 0 aromatic heterocycles. The standard InChI is InChI=1S/C20H20O2.C19H16O3.CH3.Li/c1-20(2,21)18-11-7-6-9-16(18)15-12-13-19(22-3)17-10-5-4-8-14(15)17;1-21-18-12-11-15(13-7-3-5-9-16(13)18)14-8-4-6-10-17(14)19(20)22-2;;/h4-13,21H,1-3H3;3-12H,1-2H3;1H3;/q;;-1;+1. The van der Waals surface area contributed by atoms with Gasteiger partial charge in [-0.25, -0.2) is 4.79 Å². The number of fused-ring (bicyclic) bond motifs is 2. The summed E-state index contributed by atoms with van der Waals surface area (Å²) in [6.45, 7) is 3.63. The quantitative estimate of drug-likeness (QED) is 0.133. The number of carbonyl (C=O) groups excluding carboxylic acids is 1. The molecule has 0 bridgehead atoms. The van der Waals surface area contributed by atoms with Gasteiger partial charge in [0, 0.05) is 10.8 Å². The van der Waals surface area contributed by atoms with E-state index >= 15 is 0 Å². The van der Waals surface area contributed by atoms with E-state index in [0.717, 1.165) is 60.9 Å². The van der Waals surface area contributed by atoms with Crippen LogP contribution in [0, 0.1) is 7.43 Å². The van der Waals surface area contributed by atoms with Gasteiger partial charge in [0.15, 0.2) is 0 Å². The maximum absolute atomic E-state index is 12.0. The number of aliphatic hydroxyl groups is 1. The first-order chi connectivity index (χ1) is 21.3. The third-order valence-electron chi connectivity index (χ3n) is 7.71. The molecule has 6 aromatic carbocycles. The van der Waals surface area contributed by atoms with Crippen molar-refractivity contribution >= 4 is 27.5 Å². The van der Waals surface area contributed by atoms with Crippen molar-refractivity contribution in [1.29, 1.82) is 0 Å². The van der Waals surface area contributed by atoms with Crippen LogP contribution in [0.3, 0.4) is 0 Å². The summed E-state index contributed by atoms with van der Waals surface area (Å²) < 4.78 is 15.8. The minimum atomic E-state index is -0.891. The zero-order valence-corrected chi connectivity index (χ0v) is 27.6. The van der Waals surface area contributed by atoms with Crippen LogP contribution in [0.25, 0.3) is 43.8 Å². The summed E-state index contributed by atoms with van der Waals surface area (Å²) in [7, 11) is 4.74. The Balaban J connectivity index is 0.000000240. The Morgan fingerprint density at radius 1 is 0.543 bits per heavy atom. The van der Waals surface area contributed by atoms with Gasteiger partial charge in [-0.3, -0.25) is 0 Å². The summed E-state index contributed by atoms with van der Waals surface area (Å²) in [5, 5.41) is 14.7. The fraction of sp³-hybridized carbons (Fsp3) is 0.150.